The van der Waals surface area contributed by atoms with Crippen LogP contribution >= 0.6 is 27.5 Å². The number of halogens is 2. The second-order valence-electron chi connectivity index (χ2n) is 2.65. The van der Waals surface area contributed by atoms with Crippen molar-refractivity contribution >= 4 is 27.5 Å². The number of hydrogen-bond acceptors (Lipinski definition) is 1. The van der Waals surface area contributed by atoms with Gasteiger partial charge in [-0.25, -0.2) is 0 Å². The number of hydrogen-bond donors (Lipinski definition) is 1. The van der Waals surface area contributed by atoms with Gasteiger partial charge in [0.1, 0.15) is 0 Å². The molecule has 0 aliphatic carbocycles. The van der Waals surface area contributed by atoms with Crippen molar-refractivity contribution in [1.29, 1.82) is 0 Å². The summed E-state index contributed by atoms with van der Waals surface area (Å²) in [5.41, 5.74) is 1.19. The molecule has 0 radical (unpaired) electrons. The summed E-state index contributed by atoms with van der Waals surface area (Å²) in [6.07, 6.45) is 0. The molecule has 0 aliphatic heterocycles. The van der Waals surface area contributed by atoms with Gasteiger partial charge in [0.2, 0.25) is 0 Å². The van der Waals surface area contributed by atoms with Gasteiger partial charge in [-0.1, -0.05) is 23.7 Å². The highest BCUT2D eigenvalue weighted by molar-refractivity contribution is 9.10. The third kappa shape index (κ3) is 2.00. The van der Waals surface area contributed by atoms with Gasteiger partial charge in [0.15, 0.2) is 0 Å². The summed E-state index contributed by atoms with van der Waals surface area (Å²) in [5, 5.41) is 3.92. The molecule has 0 saturated heterocycles. The number of nitrogens with one attached hydrogen (secondary N) is 1. The standard InChI is InChI=1S/C9H11BrClN/c1-6(12-2)7-4-3-5-8(11)9(7)10/h3-6,12H,1-2H3. The Hall–Kier alpha value is -0.0500. The maximum Gasteiger partial charge on any atom is 0.0551 e. The van der Waals surface area contributed by atoms with Crippen molar-refractivity contribution in [3.63, 3.8) is 0 Å². The van der Waals surface area contributed by atoms with Crippen LogP contribution in [0.3, 0.4) is 0 Å². The molecule has 1 nitrogen and oxygen atoms in total. The summed E-state index contributed by atoms with van der Waals surface area (Å²) in [4.78, 5) is 0. The van der Waals surface area contributed by atoms with E-state index in [2.05, 4.69) is 34.2 Å². The molecule has 0 saturated carbocycles. The van der Waals surface area contributed by atoms with Crippen LogP contribution in [0.1, 0.15) is 18.5 Å². The van der Waals surface area contributed by atoms with Gasteiger partial charge >= 0.3 is 0 Å². The molecule has 1 atom stereocenters. The monoisotopic (exact) mass is 247 g/mol. The van der Waals surface area contributed by atoms with E-state index in [1.54, 1.807) is 0 Å². The summed E-state index contributed by atoms with van der Waals surface area (Å²) in [7, 11) is 1.93. The van der Waals surface area contributed by atoms with Gasteiger partial charge in [-0.05, 0) is 41.5 Å². The van der Waals surface area contributed by atoms with Crippen molar-refractivity contribution in [3.8, 4) is 0 Å². The fourth-order valence-corrected chi connectivity index (χ4v) is 1.80. The minimum absolute atomic E-state index is 0.318. The number of rotatable bonds is 2. The van der Waals surface area contributed by atoms with Crippen LogP contribution < -0.4 is 5.32 Å². The number of benzene rings is 1. The van der Waals surface area contributed by atoms with E-state index < -0.39 is 0 Å². The van der Waals surface area contributed by atoms with Crippen molar-refractivity contribution in [2.24, 2.45) is 0 Å². The molecule has 66 valence electrons. The molecule has 3 heteroatoms. The van der Waals surface area contributed by atoms with Gasteiger partial charge in [0.05, 0.1) is 5.02 Å². The first kappa shape index (κ1) is 10.0. The Morgan fingerprint density at radius 3 is 2.75 bits per heavy atom. The van der Waals surface area contributed by atoms with Crippen molar-refractivity contribution < 1.29 is 0 Å². The fraction of sp³-hybridized carbons (Fsp3) is 0.333. The molecular formula is C9H11BrClN. The maximum absolute atomic E-state index is 5.94. The molecule has 1 N–H and O–H groups in total. The van der Waals surface area contributed by atoms with E-state index in [1.165, 1.54) is 5.56 Å². The molecule has 1 unspecified atom stereocenters. The van der Waals surface area contributed by atoms with Crippen LogP contribution in [0.15, 0.2) is 22.7 Å². The van der Waals surface area contributed by atoms with Gasteiger partial charge in [-0.3, -0.25) is 0 Å². The summed E-state index contributed by atoms with van der Waals surface area (Å²) in [5.74, 6) is 0. The Bertz CT molecular complexity index is 275. The third-order valence-electron chi connectivity index (χ3n) is 1.88. The van der Waals surface area contributed by atoms with Gasteiger partial charge in [-0.15, -0.1) is 0 Å². The Kier molecular flexibility index (Phi) is 3.56. The Morgan fingerprint density at radius 2 is 2.17 bits per heavy atom. The molecule has 12 heavy (non-hydrogen) atoms. The quantitative estimate of drug-likeness (QED) is 0.846. The molecule has 1 aromatic carbocycles. The molecule has 1 aromatic rings. The lowest BCUT2D eigenvalue weighted by molar-refractivity contribution is 0.649. The maximum atomic E-state index is 5.94. The molecule has 0 bridgehead atoms. The Balaban J connectivity index is 3.07. The van der Waals surface area contributed by atoms with E-state index >= 15 is 0 Å². The van der Waals surface area contributed by atoms with Crippen molar-refractivity contribution in [3.05, 3.63) is 33.3 Å². The third-order valence-corrected chi connectivity index (χ3v) is 3.31. The summed E-state index contributed by atoms with van der Waals surface area (Å²) < 4.78 is 0.980. The van der Waals surface area contributed by atoms with Crippen LogP contribution in [-0.4, -0.2) is 7.05 Å². The van der Waals surface area contributed by atoms with E-state index in [0.717, 1.165) is 9.50 Å². The molecule has 1 rings (SSSR count). The largest absolute Gasteiger partial charge is 0.313 e. The van der Waals surface area contributed by atoms with Crippen LogP contribution in [0, 0.1) is 0 Å². The molecule has 0 aliphatic rings. The van der Waals surface area contributed by atoms with Gasteiger partial charge in [0.25, 0.3) is 0 Å². The van der Waals surface area contributed by atoms with Crippen molar-refractivity contribution in [2.45, 2.75) is 13.0 Å². The first-order chi connectivity index (χ1) is 5.66. The minimum atomic E-state index is 0.318. The molecule has 0 heterocycles. The Labute approximate surface area is 86.2 Å². The zero-order valence-electron chi connectivity index (χ0n) is 7.07. The fourth-order valence-electron chi connectivity index (χ4n) is 1.01. The molecule has 0 fully saturated rings. The van der Waals surface area contributed by atoms with Gasteiger partial charge in [-0.2, -0.15) is 0 Å². The zero-order valence-corrected chi connectivity index (χ0v) is 9.41. The second-order valence-corrected chi connectivity index (χ2v) is 3.85. The lowest BCUT2D eigenvalue weighted by atomic mass is 10.1. The average molecular weight is 249 g/mol. The van der Waals surface area contributed by atoms with Crippen molar-refractivity contribution in [2.75, 3.05) is 7.05 Å². The minimum Gasteiger partial charge on any atom is -0.313 e. The summed E-state index contributed by atoms with van der Waals surface area (Å²) in [6.45, 7) is 2.09. The first-order valence-electron chi connectivity index (χ1n) is 3.78. The van der Waals surface area contributed by atoms with Gasteiger partial charge < -0.3 is 5.32 Å². The SMILES string of the molecule is CNC(C)c1cccc(Cl)c1Br. The summed E-state index contributed by atoms with van der Waals surface area (Å²) >= 11 is 9.39. The normalized spacial score (nSPS) is 13.0. The van der Waals surface area contributed by atoms with E-state index in [1.807, 2.05) is 19.2 Å². The molecule has 0 spiro atoms. The predicted molar refractivity (Wildman–Crippen MR) is 56.6 cm³/mol. The lowest BCUT2D eigenvalue weighted by Crippen LogP contribution is -2.12. The zero-order chi connectivity index (χ0) is 9.14. The topological polar surface area (TPSA) is 12.0 Å². The van der Waals surface area contributed by atoms with Crippen LogP contribution in [0.4, 0.5) is 0 Å². The molecular weight excluding hydrogens is 237 g/mol. The molecule has 0 aromatic heterocycles. The van der Waals surface area contributed by atoms with E-state index in [0.29, 0.717) is 6.04 Å². The Morgan fingerprint density at radius 1 is 1.50 bits per heavy atom. The van der Waals surface area contributed by atoms with E-state index in [-0.39, 0.29) is 0 Å². The van der Waals surface area contributed by atoms with Gasteiger partial charge in [0, 0.05) is 10.5 Å². The summed E-state index contributed by atoms with van der Waals surface area (Å²) in [6, 6.07) is 6.20. The second kappa shape index (κ2) is 4.26. The van der Waals surface area contributed by atoms with Crippen molar-refractivity contribution in [1.82, 2.24) is 5.32 Å². The van der Waals surface area contributed by atoms with Crippen LogP contribution in [0.25, 0.3) is 0 Å². The highest BCUT2D eigenvalue weighted by atomic mass is 79.9. The van der Waals surface area contributed by atoms with E-state index in [4.69, 9.17) is 11.6 Å². The smallest absolute Gasteiger partial charge is 0.0551 e. The highest BCUT2D eigenvalue weighted by Gasteiger charge is 2.08. The predicted octanol–water partition coefficient (Wildman–Crippen LogP) is 3.38. The lowest BCUT2D eigenvalue weighted by Gasteiger charge is -2.12. The molecule has 0 amide bonds. The highest BCUT2D eigenvalue weighted by Crippen LogP contribution is 2.29. The van der Waals surface area contributed by atoms with Crippen LogP contribution in [0.2, 0.25) is 5.02 Å². The average Bonchev–Trinajstić information content (AvgIpc) is 2.08. The van der Waals surface area contributed by atoms with Crippen LogP contribution in [0.5, 0.6) is 0 Å². The van der Waals surface area contributed by atoms with E-state index in [9.17, 15) is 0 Å². The first-order valence-corrected chi connectivity index (χ1v) is 4.95. The van der Waals surface area contributed by atoms with Crippen LogP contribution in [-0.2, 0) is 0 Å².